The van der Waals surface area contributed by atoms with Crippen molar-refractivity contribution >= 4 is 40.9 Å². The highest BCUT2D eigenvalue weighted by Crippen LogP contribution is 2.34. The lowest BCUT2D eigenvalue weighted by molar-refractivity contribution is -0.113. The molecule has 1 saturated heterocycles. The lowest BCUT2D eigenvalue weighted by Crippen LogP contribution is -2.32. The molecule has 1 aliphatic rings. The number of hydrogen-bond acceptors (Lipinski definition) is 5. The lowest BCUT2D eigenvalue weighted by atomic mass is 10.1. The molecule has 0 aliphatic carbocycles. The van der Waals surface area contributed by atoms with Crippen molar-refractivity contribution in [2.45, 2.75) is 37.9 Å². The second-order valence-corrected chi connectivity index (χ2v) is 9.49. The molecule has 7 nitrogen and oxygen atoms in total. The molecule has 0 saturated carbocycles. The monoisotopic (exact) mass is 483 g/mol. The van der Waals surface area contributed by atoms with Crippen LogP contribution in [-0.2, 0) is 11.8 Å². The van der Waals surface area contributed by atoms with E-state index in [9.17, 15) is 9.59 Å². The Bertz CT molecular complexity index is 1180. The van der Waals surface area contributed by atoms with Gasteiger partial charge in [-0.15, -0.1) is 10.2 Å². The number of likely N-dealkylation sites (tertiary alicyclic amines) is 1. The Morgan fingerprint density at radius 1 is 1.12 bits per heavy atom. The molecule has 2 aromatic carbocycles. The Morgan fingerprint density at radius 3 is 2.58 bits per heavy atom. The molecule has 2 amide bonds. The van der Waals surface area contributed by atoms with Gasteiger partial charge in [0.15, 0.2) is 11.0 Å². The van der Waals surface area contributed by atoms with Gasteiger partial charge in [0.05, 0.1) is 22.4 Å². The number of nitrogens with zero attached hydrogens (tertiary/aromatic N) is 4. The number of rotatable bonds is 6. The van der Waals surface area contributed by atoms with Crippen molar-refractivity contribution in [3.63, 3.8) is 0 Å². The van der Waals surface area contributed by atoms with Crippen molar-refractivity contribution in [1.29, 1.82) is 0 Å². The molecule has 0 radical (unpaired) electrons. The van der Waals surface area contributed by atoms with E-state index < -0.39 is 0 Å². The summed E-state index contributed by atoms with van der Waals surface area (Å²) in [6.45, 7) is 4.59. The second-order valence-electron chi connectivity index (χ2n) is 8.14. The van der Waals surface area contributed by atoms with Crippen molar-refractivity contribution in [1.82, 2.24) is 19.7 Å². The van der Waals surface area contributed by atoms with Crippen LogP contribution in [0.2, 0.25) is 5.02 Å². The Balaban J connectivity index is 1.44. The molecular formula is C24H26ClN5O2S. The Kier molecular flexibility index (Phi) is 7.05. The van der Waals surface area contributed by atoms with Crippen LogP contribution in [0.4, 0.5) is 5.69 Å². The third kappa shape index (κ3) is 4.91. The molecule has 1 atom stereocenters. The van der Waals surface area contributed by atoms with Gasteiger partial charge in [0, 0.05) is 19.3 Å². The molecule has 1 unspecified atom stereocenters. The average Bonchev–Trinajstić information content (AvgIpc) is 3.41. The second kappa shape index (κ2) is 9.97. The van der Waals surface area contributed by atoms with Crippen molar-refractivity contribution in [3.05, 3.63) is 70.0 Å². The standard InChI is InChI=1S/C24H26ClN5O2S/c1-15-8-6-9-16(2)21(15)26-20(31)14-33-24-28-27-22(29(24)3)19-12-7-13-30(19)23(32)17-10-4-5-11-18(17)25/h4-6,8-11,19H,7,12-14H2,1-3H3,(H,26,31). The highest BCUT2D eigenvalue weighted by atomic mass is 35.5. The summed E-state index contributed by atoms with van der Waals surface area (Å²) in [5.41, 5.74) is 3.39. The minimum Gasteiger partial charge on any atom is -0.328 e. The largest absolute Gasteiger partial charge is 0.328 e. The summed E-state index contributed by atoms with van der Waals surface area (Å²) in [5.74, 6) is 0.726. The van der Waals surface area contributed by atoms with Gasteiger partial charge in [-0.1, -0.05) is 53.7 Å². The number of amides is 2. The first-order chi connectivity index (χ1) is 15.9. The van der Waals surface area contributed by atoms with E-state index in [0.29, 0.717) is 28.1 Å². The molecular weight excluding hydrogens is 458 g/mol. The van der Waals surface area contributed by atoms with Gasteiger partial charge in [-0.05, 0) is 49.9 Å². The zero-order chi connectivity index (χ0) is 23.5. The first-order valence-electron chi connectivity index (χ1n) is 10.8. The smallest absolute Gasteiger partial charge is 0.255 e. The van der Waals surface area contributed by atoms with E-state index in [1.807, 2.05) is 60.7 Å². The summed E-state index contributed by atoms with van der Waals surface area (Å²) in [4.78, 5) is 27.5. The molecule has 9 heteroatoms. The number of aromatic nitrogens is 3. The van der Waals surface area contributed by atoms with Gasteiger partial charge in [0.1, 0.15) is 0 Å². The van der Waals surface area contributed by atoms with Crippen molar-refractivity contribution in [2.24, 2.45) is 7.05 Å². The Hall–Kier alpha value is -2.84. The number of benzene rings is 2. The number of carbonyl (C=O) groups excluding carboxylic acids is 2. The molecule has 1 N–H and O–H groups in total. The number of anilines is 1. The first kappa shape index (κ1) is 23.3. The van der Waals surface area contributed by atoms with Gasteiger partial charge in [-0.3, -0.25) is 9.59 Å². The minimum atomic E-state index is -0.177. The highest BCUT2D eigenvalue weighted by Gasteiger charge is 2.34. The zero-order valence-electron chi connectivity index (χ0n) is 18.8. The van der Waals surface area contributed by atoms with Gasteiger partial charge in [0.2, 0.25) is 5.91 Å². The Labute approximate surface area is 202 Å². The molecule has 1 aromatic heterocycles. The first-order valence-corrected chi connectivity index (χ1v) is 12.2. The Morgan fingerprint density at radius 2 is 1.85 bits per heavy atom. The molecule has 4 rings (SSSR count). The van der Waals surface area contributed by atoms with E-state index in [-0.39, 0.29) is 23.6 Å². The van der Waals surface area contributed by atoms with Crippen molar-refractivity contribution in [2.75, 3.05) is 17.6 Å². The number of para-hydroxylation sites is 1. The maximum atomic E-state index is 13.1. The maximum absolute atomic E-state index is 13.1. The summed E-state index contributed by atoms with van der Waals surface area (Å²) in [5, 5.41) is 12.7. The van der Waals surface area contributed by atoms with Crippen LogP contribution < -0.4 is 5.32 Å². The van der Waals surface area contributed by atoms with E-state index >= 15 is 0 Å². The number of nitrogens with one attached hydrogen (secondary N) is 1. The number of aryl methyl sites for hydroxylation is 2. The SMILES string of the molecule is Cc1cccc(C)c1NC(=O)CSc1nnc(C2CCCN2C(=O)c2ccccc2Cl)n1C. The van der Waals surface area contributed by atoms with Crippen LogP contribution in [0.15, 0.2) is 47.6 Å². The van der Waals surface area contributed by atoms with E-state index in [4.69, 9.17) is 11.6 Å². The molecule has 0 spiro atoms. The number of thioether (sulfide) groups is 1. The quantitative estimate of drug-likeness (QED) is 0.510. The summed E-state index contributed by atoms with van der Waals surface area (Å²) in [6, 6.07) is 12.8. The predicted molar refractivity (Wildman–Crippen MR) is 131 cm³/mol. The fourth-order valence-corrected chi connectivity index (χ4v) is 5.06. The van der Waals surface area contributed by atoms with Crippen molar-refractivity contribution in [3.8, 4) is 0 Å². The van der Waals surface area contributed by atoms with Gasteiger partial charge >= 0.3 is 0 Å². The zero-order valence-corrected chi connectivity index (χ0v) is 20.4. The summed E-state index contributed by atoms with van der Waals surface area (Å²) in [6.07, 6.45) is 1.69. The number of hydrogen-bond donors (Lipinski definition) is 1. The van der Waals surface area contributed by atoms with Crippen LogP contribution in [0.25, 0.3) is 0 Å². The minimum absolute atomic E-state index is 0.0988. The fourth-order valence-electron chi connectivity index (χ4n) is 4.13. The fraction of sp³-hybridized carbons (Fsp3) is 0.333. The molecule has 0 bridgehead atoms. The molecule has 172 valence electrons. The van der Waals surface area contributed by atoms with Crippen LogP contribution in [0.1, 0.15) is 46.2 Å². The van der Waals surface area contributed by atoms with E-state index in [0.717, 1.165) is 29.7 Å². The third-order valence-electron chi connectivity index (χ3n) is 5.86. The van der Waals surface area contributed by atoms with Crippen LogP contribution >= 0.6 is 23.4 Å². The summed E-state index contributed by atoms with van der Waals surface area (Å²) >= 11 is 7.58. The maximum Gasteiger partial charge on any atom is 0.255 e. The molecule has 2 heterocycles. The van der Waals surface area contributed by atoms with Gasteiger partial charge in [0.25, 0.3) is 5.91 Å². The molecule has 1 aliphatic heterocycles. The topological polar surface area (TPSA) is 80.1 Å². The highest BCUT2D eigenvalue weighted by molar-refractivity contribution is 7.99. The summed E-state index contributed by atoms with van der Waals surface area (Å²) in [7, 11) is 1.87. The van der Waals surface area contributed by atoms with E-state index in [2.05, 4.69) is 15.5 Å². The van der Waals surface area contributed by atoms with Gasteiger partial charge in [-0.25, -0.2) is 0 Å². The third-order valence-corrected chi connectivity index (χ3v) is 7.21. The van der Waals surface area contributed by atoms with E-state index in [1.165, 1.54) is 11.8 Å². The predicted octanol–water partition coefficient (Wildman–Crippen LogP) is 4.79. The van der Waals surface area contributed by atoms with Crippen LogP contribution in [0.5, 0.6) is 0 Å². The average molecular weight is 484 g/mol. The van der Waals surface area contributed by atoms with Crippen molar-refractivity contribution < 1.29 is 9.59 Å². The number of carbonyl (C=O) groups is 2. The van der Waals surface area contributed by atoms with Crippen LogP contribution in [0, 0.1) is 13.8 Å². The normalized spacial score (nSPS) is 15.6. The number of halogens is 1. The molecule has 33 heavy (non-hydrogen) atoms. The lowest BCUT2D eigenvalue weighted by Gasteiger charge is -2.24. The van der Waals surface area contributed by atoms with Gasteiger partial charge in [-0.2, -0.15) is 0 Å². The van der Waals surface area contributed by atoms with Gasteiger partial charge < -0.3 is 14.8 Å². The summed E-state index contributed by atoms with van der Waals surface area (Å²) < 4.78 is 1.87. The van der Waals surface area contributed by atoms with E-state index in [1.54, 1.807) is 12.1 Å². The molecule has 1 fully saturated rings. The van der Waals surface area contributed by atoms with Crippen LogP contribution in [-0.4, -0.2) is 43.8 Å². The molecule has 3 aromatic rings. The van der Waals surface area contributed by atoms with Crippen LogP contribution in [0.3, 0.4) is 0 Å².